The lowest BCUT2D eigenvalue weighted by atomic mass is 9.87. The minimum Gasteiger partial charge on any atom is -0.334 e. The van der Waals surface area contributed by atoms with E-state index in [1.165, 1.54) is 5.56 Å². The van der Waals surface area contributed by atoms with Crippen LogP contribution >= 0.6 is 11.6 Å². The van der Waals surface area contributed by atoms with Crippen LogP contribution in [0.3, 0.4) is 0 Å². The van der Waals surface area contributed by atoms with Gasteiger partial charge in [0.2, 0.25) is 0 Å². The zero-order valence-electron chi connectivity index (χ0n) is 19.6. The van der Waals surface area contributed by atoms with Gasteiger partial charge in [-0.25, -0.2) is 5.43 Å². The molecule has 0 saturated carbocycles. The van der Waals surface area contributed by atoms with Crippen LogP contribution in [0.1, 0.15) is 48.7 Å². The number of aryl methyl sites for hydroxylation is 1. The van der Waals surface area contributed by atoms with Gasteiger partial charge in [-0.2, -0.15) is 20.5 Å². The Bertz CT molecular complexity index is 1320. The van der Waals surface area contributed by atoms with Gasteiger partial charge in [0.1, 0.15) is 11.0 Å². The summed E-state index contributed by atoms with van der Waals surface area (Å²) < 4.78 is 0. The first-order valence-electron chi connectivity index (χ1n) is 11.1. The van der Waals surface area contributed by atoms with Crippen LogP contribution in [0.2, 0.25) is 5.02 Å². The summed E-state index contributed by atoms with van der Waals surface area (Å²) in [7, 11) is 0. The van der Waals surface area contributed by atoms with E-state index in [0.29, 0.717) is 41.9 Å². The number of nitrogens with one attached hydrogen (secondary N) is 2. The molecule has 8 nitrogen and oxygen atoms in total. The number of halogens is 1. The average Bonchev–Trinajstić information content (AvgIpc) is 3.34. The first kappa shape index (κ1) is 23.6. The molecule has 9 heteroatoms. The minimum absolute atomic E-state index is 0.0947. The fourth-order valence-electron chi connectivity index (χ4n) is 3.70. The Hall–Kier alpha value is -3.52. The van der Waals surface area contributed by atoms with Gasteiger partial charge in [-0.1, -0.05) is 50.6 Å². The number of benzene rings is 2. The molecule has 2 N–H and O–H groups in total. The van der Waals surface area contributed by atoms with Crippen molar-refractivity contribution in [1.29, 1.82) is 0 Å². The number of aromatic nitrogens is 3. The quantitative estimate of drug-likeness (QED) is 0.548. The van der Waals surface area contributed by atoms with Crippen molar-refractivity contribution in [3.8, 4) is 0 Å². The van der Waals surface area contributed by atoms with E-state index in [1.807, 2.05) is 6.92 Å². The van der Waals surface area contributed by atoms with Crippen LogP contribution in [0.25, 0.3) is 11.0 Å². The van der Waals surface area contributed by atoms with E-state index < -0.39 is 0 Å². The summed E-state index contributed by atoms with van der Waals surface area (Å²) >= 11 is 6.02. The monoisotopic (exact) mass is 478 g/mol. The van der Waals surface area contributed by atoms with Crippen molar-refractivity contribution < 1.29 is 9.59 Å². The molecule has 3 heterocycles. The van der Waals surface area contributed by atoms with Crippen LogP contribution in [0.5, 0.6) is 0 Å². The molecule has 0 spiro atoms. The number of H-pyrrole nitrogens is 1. The van der Waals surface area contributed by atoms with Gasteiger partial charge in [0, 0.05) is 30.1 Å². The van der Waals surface area contributed by atoms with Gasteiger partial charge < -0.3 is 4.90 Å². The van der Waals surface area contributed by atoms with E-state index in [9.17, 15) is 9.59 Å². The lowest BCUT2D eigenvalue weighted by Gasteiger charge is -2.19. The van der Waals surface area contributed by atoms with E-state index in [0.717, 1.165) is 16.1 Å². The van der Waals surface area contributed by atoms with Crippen molar-refractivity contribution in [3.63, 3.8) is 0 Å². The first-order chi connectivity index (χ1) is 16.1. The van der Waals surface area contributed by atoms with Gasteiger partial charge in [-0.15, -0.1) is 0 Å². The Morgan fingerprint density at radius 1 is 1.09 bits per heavy atom. The molecule has 2 aromatic carbocycles. The topological polar surface area (TPSA) is 103 Å². The third-order valence-corrected chi connectivity index (χ3v) is 6.28. The summed E-state index contributed by atoms with van der Waals surface area (Å²) in [6, 6.07) is 11.5. The summed E-state index contributed by atoms with van der Waals surface area (Å²) in [5.41, 5.74) is 8.28. The number of hydrogen-bond acceptors (Lipinski definition) is 5. The summed E-state index contributed by atoms with van der Waals surface area (Å²) in [6.45, 7) is 9.49. The molecule has 34 heavy (non-hydrogen) atoms. The number of rotatable bonds is 1. The van der Waals surface area contributed by atoms with Crippen molar-refractivity contribution in [3.05, 3.63) is 69.8 Å². The van der Waals surface area contributed by atoms with Crippen molar-refractivity contribution in [2.24, 2.45) is 5.10 Å². The van der Waals surface area contributed by atoms with Crippen molar-refractivity contribution in [2.45, 2.75) is 39.5 Å². The first-order valence-corrected chi connectivity index (χ1v) is 11.4. The molecule has 2 aliphatic rings. The van der Waals surface area contributed by atoms with Gasteiger partial charge >= 0.3 is 0 Å². The Labute approximate surface area is 203 Å². The fourth-order valence-corrected chi connectivity index (χ4v) is 3.88. The van der Waals surface area contributed by atoms with Crippen LogP contribution in [0.4, 0.5) is 0 Å². The molecule has 3 aromatic rings. The molecule has 0 saturated heterocycles. The third-order valence-electron chi connectivity index (χ3n) is 5.87. The maximum absolute atomic E-state index is 12.6. The van der Waals surface area contributed by atoms with Gasteiger partial charge in [0.25, 0.3) is 11.8 Å². The standard InChI is InChI=1S/C14H12N6O2.C11H15Cl/c21-13-9-3-5-20(6-4-10(9)15-18-13)14(22)8-1-2-11-12(7-8)17-19-16-11;1-8-5-6-9(7-10(8)12)11(2,3)4/h1-3,7H,4-6H2,(H,18,21)(H,16,17,19);5-7H,1-4H3. The second kappa shape index (κ2) is 9.38. The second-order valence-corrected chi connectivity index (χ2v) is 9.77. The molecule has 176 valence electrons. The highest BCUT2D eigenvalue weighted by Crippen LogP contribution is 2.26. The number of carbonyl (C=O) groups excluding carboxylic acids is 2. The molecule has 2 aliphatic heterocycles. The maximum Gasteiger partial charge on any atom is 0.273 e. The fraction of sp³-hybridized carbons (Fsp3) is 0.320. The molecule has 0 fully saturated rings. The summed E-state index contributed by atoms with van der Waals surface area (Å²) in [4.78, 5) is 25.9. The van der Waals surface area contributed by atoms with E-state index >= 15 is 0 Å². The molecule has 5 rings (SSSR count). The van der Waals surface area contributed by atoms with Gasteiger partial charge in [0.15, 0.2) is 0 Å². The average molecular weight is 479 g/mol. The van der Waals surface area contributed by atoms with Crippen LogP contribution in [0, 0.1) is 6.92 Å². The minimum atomic E-state index is -0.201. The molecule has 0 atom stereocenters. The van der Waals surface area contributed by atoms with E-state index in [1.54, 1.807) is 29.2 Å². The lowest BCUT2D eigenvalue weighted by molar-refractivity contribution is -0.116. The zero-order valence-corrected chi connectivity index (χ0v) is 20.4. The Balaban J connectivity index is 0.000000195. The number of aromatic amines is 1. The highest BCUT2D eigenvalue weighted by molar-refractivity contribution is 6.31. The Morgan fingerprint density at radius 3 is 2.59 bits per heavy atom. The van der Waals surface area contributed by atoms with Gasteiger partial charge in [-0.05, 0) is 47.7 Å². The molecule has 0 unspecified atom stereocenters. The second-order valence-electron chi connectivity index (χ2n) is 9.36. The normalized spacial score (nSPS) is 15.6. The summed E-state index contributed by atoms with van der Waals surface area (Å²) in [5, 5.41) is 15.3. The third kappa shape index (κ3) is 5.02. The predicted molar refractivity (Wildman–Crippen MR) is 133 cm³/mol. The number of nitrogens with zero attached hydrogens (tertiary/aromatic N) is 4. The van der Waals surface area contributed by atoms with E-state index in [4.69, 9.17) is 11.6 Å². The molecule has 0 radical (unpaired) electrons. The summed E-state index contributed by atoms with van der Waals surface area (Å²) in [6.07, 6.45) is 2.31. The molecular weight excluding hydrogens is 452 g/mol. The van der Waals surface area contributed by atoms with Gasteiger partial charge in [-0.3, -0.25) is 9.59 Å². The van der Waals surface area contributed by atoms with Crippen LogP contribution in [-0.2, 0) is 10.2 Å². The largest absolute Gasteiger partial charge is 0.334 e. The maximum atomic E-state index is 12.6. The molecule has 1 aromatic heterocycles. The number of carbonyl (C=O) groups is 2. The van der Waals surface area contributed by atoms with Crippen LogP contribution in [-0.4, -0.2) is 50.9 Å². The van der Waals surface area contributed by atoms with Crippen LogP contribution < -0.4 is 5.43 Å². The highest BCUT2D eigenvalue weighted by atomic mass is 35.5. The van der Waals surface area contributed by atoms with Crippen molar-refractivity contribution in [2.75, 3.05) is 13.1 Å². The van der Waals surface area contributed by atoms with Crippen molar-refractivity contribution in [1.82, 2.24) is 25.7 Å². The van der Waals surface area contributed by atoms with E-state index in [2.05, 4.69) is 64.9 Å². The molecule has 0 bridgehead atoms. The van der Waals surface area contributed by atoms with E-state index in [-0.39, 0.29) is 17.2 Å². The van der Waals surface area contributed by atoms with Crippen molar-refractivity contribution >= 4 is 40.2 Å². The summed E-state index contributed by atoms with van der Waals surface area (Å²) in [5.74, 6) is -0.295. The SMILES string of the molecule is Cc1ccc(C(C)(C)C)cc1Cl.O=C1NN=C2CCN(C(=O)c3ccc4n[nH]nc4c3)CC=C12. The predicted octanol–water partition coefficient (Wildman–Crippen LogP) is 4.16. The smallest absolute Gasteiger partial charge is 0.273 e. The highest BCUT2D eigenvalue weighted by Gasteiger charge is 2.27. The molecule has 0 aliphatic carbocycles. The Kier molecular flexibility index (Phi) is 6.52. The Morgan fingerprint density at radius 2 is 1.85 bits per heavy atom. The number of hydrazone groups is 1. The van der Waals surface area contributed by atoms with Crippen LogP contribution in [0.15, 0.2) is 53.1 Å². The number of fused-ring (bicyclic) bond motifs is 2. The van der Waals surface area contributed by atoms with Gasteiger partial charge in [0.05, 0.1) is 11.3 Å². The number of amides is 2. The number of hydrogen-bond donors (Lipinski definition) is 2. The molecular formula is C25H27ClN6O2. The molecule has 2 amide bonds. The zero-order chi connectivity index (χ0) is 24.5. The lowest BCUT2D eigenvalue weighted by Crippen LogP contribution is -2.32.